The Morgan fingerprint density at radius 3 is 2.67 bits per heavy atom. The molecule has 1 fully saturated rings. The Kier molecular flexibility index (Phi) is 7.07. The highest BCUT2D eigenvalue weighted by molar-refractivity contribution is 6.32. The van der Waals surface area contributed by atoms with E-state index in [0.29, 0.717) is 22.1 Å². The molecular weight excluding hydrogens is 358 g/mol. The summed E-state index contributed by atoms with van der Waals surface area (Å²) in [7, 11) is 0. The van der Waals surface area contributed by atoms with Gasteiger partial charge in [-0.25, -0.2) is 0 Å². The third-order valence-corrected chi connectivity index (χ3v) is 5.30. The summed E-state index contributed by atoms with van der Waals surface area (Å²) in [4.78, 5) is 13.4. The van der Waals surface area contributed by atoms with Gasteiger partial charge < -0.3 is 10.1 Å². The summed E-state index contributed by atoms with van der Waals surface area (Å²) >= 11 is 6.28. The molecular formula is C23H30ClNO2. The summed E-state index contributed by atoms with van der Waals surface area (Å²) in [5.41, 5.74) is 0.462. The molecule has 3 nitrogen and oxygen atoms in total. The molecule has 1 N–H and O–H groups in total. The molecule has 0 radical (unpaired) electrons. The lowest BCUT2D eigenvalue weighted by Gasteiger charge is -2.30. The first-order valence-electron chi connectivity index (χ1n) is 9.39. The van der Waals surface area contributed by atoms with Crippen LogP contribution in [0.15, 0.2) is 55.3 Å². The predicted molar refractivity (Wildman–Crippen MR) is 113 cm³/mol. The van der Waals surface area contributed by atoms with Gasteiger partial charge in [0.15, 0.2) is 5.78 Å². The minimum absolute atomic E-state index is 0.158. The number of ketones is 1. The van der Waals surface area contributed by atoms with E-state index in [9.17, 15) is 4.79 Å². The molecule has 1 aromatic carbocycles. The number of nitrogens with one attached hydrogen (secondary N) is 1. The van der Waals surface area contributed by atoms with Crippen molar-refractivity contribution in [3.8, 4) is 5.75 Å². The number of halogens is 1. The van der Waals surface area contributed by atoms with Gasteiger partial charge in [-0.2, -0.15) is 0 Å². The normalized spacial score (nSPS) is 20.4. The van der Waals surface area contributed by atoms with Gasteiger partial charge in [0, 0.05) is 17.5 Å². The number of rotatable bonds is 8. The molecule has 4 heteroatoms. The summed E-state index contributed by atoms with van der Waals surface area (Å²) in [6.07, 6.45) is 7.62. The van der Waals surface area contributed by atoms with Crippen LogP contribution in [0.2, 0.25) is 5.02 Å². The first kappa shape index (κ1) is 21.5. The fourth-order valence-corrected chi connectivity index (χ4v) is 3.45. The fraction of sp³-hybridized carbons (Fsp3) is 0.435. The Morgan fingerprint density at radius 1 is 1.37 bits per heavy atom. The van der Waals surface area contributed by atoms with Gasteiger partial charge in [0.25, 0.3) is 0 Å². The van der Waals surface area contributed by atoms with Gasteiger partial charge in [0.1, 0.15) is 11.5 Å². The van der Waals surface area contributed by atoms with E-state index in [1.165, 1.54) is 0 Å². The highest BCUT2D eigenvalue weighted by atomic mass is 35.5. The maximum atomic E-state index is 13.4. The highest BCUT2D eigenvalue weighted by Gasteiger charge is 2.42. The van der Waals surface area contributed by atoms with Crippen LogP contribution < -0.4 is 10.1 Å². The second kappa shape index (κ2) is 8.90. The van der Waals surface area contributed by atoms with E-state index < -0.39 is 0 Å². The molecule has 1 atom stereocenters. The van der Waals surface area contributed by atoms with Crippen LogP contribution in [0, 0.1) is 10.8 Å². The maximum Gasteiger partial charge on any atom is 0.170 e. The minimum atomic E-state index is -0.364. The number of ether oxygens (including phenoxy) is 1. The van der Waals surface area contributed by atoms with Crippen molar-refractivity contribution in [3.63, 3.8) is 0 Å². The zero-order valence-corrected chi connectivity index (χ0v) is 17.4. The van der Waals surface area contributed by atoms with Gasteiger partial charge in [-0.1, -0.05) is 51.6 Å². The van der Waals surface area contributed by atoms with Gasteiger partial charge in [-0.3, -0.25) is 4.79 Å². The molecule has 27 heavy (non-hydrogen) atoms. The van der Waals surface area contributed by atoms with E-state index in [1.807, 2.05) is 0 Å². The van der Waals surface area contributed by atoms with E-state index in [0.717, 1.165) is 32.4 Å². The fourth-order valence-electron chi connectivity index (χ4n) is 3.29. The molecule has 0 amide bonds. The third kappa shape index (κ3) is 5.57. The number of benzene rings is 1. The molecule has 0 bridgehead atoms. The average Bonchev–Trinajstić information content (AvgIpc) is 3.10. The zero-order chi connectivity index (χ0) is 20.1. The molecule has 0 aliphatic carbocycles. The van der Waals surface area contributed by atoms with Gasteiger partial charge in [-0.15, -0.1) is 0 Å². The van der Waals surface area contributed by atoms with Gasteiger partial charge in [-0.05, 0) is 61.6 Å². The lowest BCUT2D eigenvalue weighted by molar-refractivity contribution is 0.0783. The van der Waals surface area contributed by atoms with E-state index >= 15 is 0 Å². The second-order valence-corrected chi connectivity index (χ2v) is 8.76. The Hall–Kier alpha value is -1.84. The van der Waals surface area contributed by atoms with E-state index in [4.69, 9.17) is 16.3 Å². The smallest absolute Gasteiger partial charge is 0.170 e. The Morgan fingerprint density at radius 2 is 2.11 bits per heavy atom. The zero-order valence-electron chi connectivity index (χ0n) is 16.6. The van der Waals surface area contributed by atoms with Crippen LogP contribution in [-0.4, -0.2) is 18.9 Å². The van der Waals surface area contributed by atoms with E-state index in [2.05, 4.69) is 39.2 Å². The quantitative estimate of drug-likeness (QED) is 0.339. The molecule has 146 valence electrons. The number of Topliss-reactive ketones (excluding diaryl/α,β-unsaturated/α-hetero) is 1. The van der Waals surface area contributed by atoms with Crippen LogP contribution in [0.3, 0.4) is 0 Å². The Balaban J connectivity index is 2.31. The topological polar surface area (TPSA) is 38.3 Å². The van der Waals surface area contributed by atoms with E-state index in [-0.39, 0.29) is 16.6 Å². The van der Waals surface area contributed by atoms with Gasteiger partial charge >= 0.3 is 0 Å². The highest BCUT2D eigenvalue weighted by Crippen LogP contribution is 2.39. The van der Waals surface area contributed by atoms with Crippen LogP contribution >= 0.6 is 11.6 Å². The Bertz CT molecular complexity index is 737. The SMILES string of the molecule is C=C/C=C(\C=C)Oc1cc(C(=O)C2(CCC(C)(C)C)CCNC2)ccc1Cl. The lowest BCUT2D eigenvalue weighted by Crippen LogP contribution is -2.34. The second-order valence-electron chi connectivity index (χ2n) is 8.35. The standard InChI is InChI=1S/C23H30ClNO2/c1-6-8-18(7-2)27-20-15-17(9-10-19(20)24)21(26)23(13-14-25-16-23)12-11-22(3,4)5/h6-10,15,25H,1-2,11-14,16H2,3-5H3/b18-8+. The van der Waals surface area contributed by atoms with Crippen molar-refractivity contribution in [2.24, 2.45) is 10.8 Å². The largest absolute Gasteiger partial charge is 0.456 e. The summed E-state index contributed by atoms with van der Waals surface area (Å²) < 4.78 is 5.81. The number of carbonyl (C=O) groups is 1. The van der Waals surface area contributed by atoms with Crippen molar-refractivity contribution in [1.82, 2.24) is 5.32 Å². The molecule has 1 aliphatic heterocycles. The lowest BCUT2D eigenvalue weighted by atomic mass is 9.72. The van der Waals surface area contributed by atoms with Gasteiger partial charge in [0.2, 0.25) is 0 Å². The molecule has 1 aromatic rings. The summed E-state index contributed by atoms with van der Waals surface area (Å²) in [5, 5.41) is 3.83. The summed E-state index contributed by atoms with van der Waals surface area (Å²) in [5.74, 6) is 1.14. The third-order valence-electron chi connectivity index (χ3n) is 4.98. The molecule has 0 aromatic heterocycles. The minimum Gasteiger partial charge on any atom is -0.456 e. The van der Waals surface area contributed by atoms with Crippen LogP contribution in [0.1, 0.15) is 50.4 Å². The molecule has 1 saturated heterocycles. The van der Waals surface area contributed by atoms with Crippen LogP contribution in [0.4, 0.5) is 0 Å². The number of hydrogen-bond donors (Lipinski definition) is 1. The molecule has 1 heterocycles. The Labute approximate surface area is 168 Å². The van der Waals surface area contributed by atoms with Crippen molar-refractivity contribution in [2.75, 3.05) is 13.1 Å². The molecule has 1 aliphatic rings. The first-order chi connectivity index (χ1) is 12.7. The van der Waals surface area contributed by atoms with E-state index in [1.54, 1.807) is 36.4 Å². The molecule has 2 rings (SSSR count). The molecule has 0 spiro atoms. The monoisotopic (exact) mass is 387 g/mol. The average molecular weight is 388 g/mol. The van der Waals surface area contributed by atoms with Crippen LogP contribution in [0.5, 0.6) is 5.75 Å². The predicted octanol–water partition coefficient (Wildman–Crippen LogP) is 5.96. The van der Waals surface area contributed by atoms with Crippen molar-refractivity contribution in [1.29, 1.82) is 0 Å². The van der Waals surface area contributed by atoms with Gasteiger partial charge in [0.05, 0.1) is 5.02 Å². The molecule has 1 unspecified atom stereocenters. The summed E-state index contributed by atoms with van der Waals surface area (Å²) in [6, 6.07) is 5.25. The molecule has 0 saturated carbocycles. The number of allylic oxidation sites excluding steroid dienone is 3. The van der Waals surface area contributed by atoms with Crippen molar-refractivity contribution in [3.05, 3.63) is 65.9 Å². The first-order valence-corrected chi connectivity index (χ1v) is 9.77. The number of carbonyl (C=O) groups excluding carboxylic acids is 1. The van der Waals surface area contributed by atoms with Crippen LogP contribution in [-0.2, 0) is 0 Å². The van der Waals surface area contributed by atoms with Crippen molar-refractivity contribution < 1.29 is 9.53 Å². The van der Waals surface area contributed by atoms with Crippen molar-refractivity contribution in [2.45, 2.75) is 40.0 Å². The van der Waals surface area contributed by atoms with Crippen molar-refractivity contribution >= 4 is 17.4 Å². The number of hydrogen-bond acceptors (Lipinski definition) is 3. The van der Waals surface area contributed by atoms with Crippen LogP contribution in [0.25, 0.3) is 0 Å². The maximum absolute atomic E-state index is 13.4. The summed E-state index contributed by atoms with van der Waals surface area (Å²) in [6.45, 7) is 15.6.